The van der Waals surface area contributed by atoms with E-state index in [1.54, 1.807) is 6.07 Å². The number of pyridine rings is 2. The summed E-state index contributed by atoms with van der Waals surface area (Å²) in [5.41, 5.74) is 0.700. The summed E-state index contributed by atoms with van der Waals surface area (Å²) < 4.78 is 4.64. The number of carbonyl (C=O) groups is 2. The Labute approximate surface area is 265 Å². The minimum atomic E-state index is -0.695. The van der Waals surface area contributed by atoms with E-state index in [0.717, 1.165) is 24.2 Å². The third kappa shape index (κ3) is 15.5. The number of nitrogens with one attached hydrogen (secondary N) is 2. The number of aromatic nitrogens is 2. The minimum absolute atomic E-state index is 0. The number of nitro groups is 1. The highest BCUT2D eigenvalue weighted by molar-refractivity contribution is 7.59. The van der Waals surface area contributed by atoms with Crippen molar-refractivity contribution in [2.45, 2.75) is 58.0 Å². The van der Waals surface area contributed by atoms with Crippen molar-refractivity contribution >= 4 is 91.6 Å². The van der Waals surface area contributed by atoms with Gasteiger partial charge >= 0.3 is 24.0 Å². The molecule has 0 aliphatic carbocycles. The average molecular weight is 669 g/mol. The van der Waals surface area contributed by atoms with Crippen LogP contribution in [0.25, 0.3) is 0 Å². The van der Waals surface area contributed by atoms with Crippen LogP contribution in [0, 0.1) is 10.1 Å². The van der Waals surface area contributed by atoms with Crippen LogP contribution in [0.5, 0.6) is 0 Å². The van der Waals surface area contributed by atoms with Gasteiger partial charge in [0.25, 0.3) is 0 Å². The van der Waals surface area contributed by atoms with Gasteiger partial charge in [0, 0.05) is 18.1 Å². The second-order valence-electron chi connectivity index (χ2n) is 7.70. The molecule has 0 aromatic carbocycles. The average Bonchev–Trinajstić information content (AvgIpc) is 2.90. The predicted octanol–water partition coefficient (Wildman–Crippen LogP) is 3.90. The molecule has 2 N–H and O–H groups in total. The number of anilines is 2. The molecule has 3 heterocycles. The Bertz CT molecular complexity index is 1220. The molecular weight excluding hydrogens is 637 g/mol. The molecule has 0 saturated heterocycles. The molecule has 0 amide bonds. The third-order valence-electron chi connectivity index (χ3n) is 5.00. The summed E-state index contributed by atoms with van der Waals surface area (Å²) in [6.45, 7) is 3.95. The number of esters is 1. The second kappa shape index (κ2) is 24.1. The zero-order valence-corrected chi connectivity index (χ0v) is 26.3. The van der Waals surface area contributed by atoms with Gasteiger partial charge in [-0.2, -0.15) is 46.2 Å². The van der Waals surface area contributed by atoms with Gasteiger partial charge in [0.1, 0.15) is 22.2 Å². The van der Waals surface area contributed by atoms with Crippen LogP contribution in [-0.4, -0.2) is 58.1 Å². The molecule has 1 aliphatic rings. The lowest BCUT2D eigenvalue weighted by Gasteiger charge is -2.24. The van der Waals surface area contributed by atoms with Crippen molar-refractivity contribution in [3.63, 3.8) is 0 Å². The van der Waals surface area contributed by atoms with E-state index in [4.69, 9.17) is 42.4 Å². The van der Waals surface area contributed by atoms with Crippen LogP contribution in [0.1, 0.15) is 45.1 Å². The highest BCUT2D eigenvalue weighted by atomic mass is 35.5. The molecule has 0 saturated carbocycles. The number of ketones is 1. The lowest BCUT2D eigenvalue weighted by Crippen LogP contribution is -2.35. The molecule has 3 rings (SSSR count). The topological polar surface area (TPSA) is 205 Å². The first-order valence-corrected chi connectivity index (χ1v) is 12.4. The summed E-state index contributed by atoms with van der Waals surface area (Å²) in [5.74, 6) is 0.466. The van der Waals surface area contributed by atoms with E-state index in [-0.39, 0.29) is 67.8 Å². The molecule has 2 atom stereocenters. The number of halogens is 2. The molecule has 2 aromatic rings. The number of Topliss-reactive ketones (excluding diaryl/α,β-unsaturated/α-hetero) is 1. The van der Waals surface area contributed by atoms with Crippen LogP contribution >= 0.6 is 50.2 Å². The largest absolute Gasteiger partial charge is 0.467 e. The van der Waals surface area contributed by atoms with Gasteiger partial charge < -0.3 is 15.4 Å². The molecule has 232 valence electrons. The van der Waals surface area contributed by atoms with E-state index in [1.807, 2.05) is 13.0 Å². The summed E-state index contributed by atoms with van der Waals surface area (Å²) >= 11 is 11.5. The molecule has 2 aromatic heterocycles. The van der Waals surface area contributed by atoms with Gasteiger partial charge in [-0.1, -0.05) is 56.0 Å². The molecule has 0 unspecified atom stereocenters. The smallest absolute Gasteiger partial charge is 0.373 e. The Morgan fingerprint density at radius 3 is 2.14 bits per heavy atom. The molecule has 0 radical (unpaired) electrons. The summed E-state index contributed by atoms with van der Waals surface area (Å²) in [6.07, 6.45) is 3.99. The molecule has 14 nitrogen and oxygen atoms in total. The lowest BCUT2D eigenvalue weighted by atomic mass is 9.96. The number of fused-ring (bicyclic) bond motifs is 1. The Balaban J connectivity index is -0.000000593. The van der Waals surface area contributed by atoms with Crippen molar-refractivity contribution in [1.29, 1.82) is 0 Å². The standard InChI is InChI=1S/C11H14ClN3O4.C11H13ClN2O.2CO2.2H2S/c1-3-4-7(11(16)19-2)13-10-8(15(17)18)5-6-9(12)14-10;1-2-3-8-9(15)6-7-4-5-10(12)14-11(7)13-8;2*2-1-3;;/h5-7H,3-4H2,1-2H3,(H,13,14);4-5,8H,2-3,6H2,1H3,(H,13,14);;;2*1H2/t7-;8-;;;;/m00..../s1. The zero-order valence-electron chi connectivity index (χ0n) is 22.8. The number of hydrogen-bond acceptors (Lipinski definition) is 13. The molecule has 1 aliphatic heterocycles. The minimum Gasteiger partial charge on any atom is -0.467 e. The molecular formula is C24H31Cl2N5O9S2. The quantitative estimate of drug-likeness (QED) is 0.177. The maximum absolute atomic E-state index is 11.7. The first-order valence-electron chi connectivity index (χ1n) is 11.6. The van der Waals surface area contributed by atoms with E-state index < -0.39 is 16.9 Å². The van der Waals surface area contributed by atoms with Crippen molar-refractivity contribution in [2.75, 3.05) is 17.7 Å². The number of methoxy groups -OCH3 is 1. The van der Waals surface area contributed by atoms with Gasteiger partial charge in [-0.05, 0) is 25.0 Å². The van der Waals surface area contributed by atoms with E-state index in [9.17, 15) is 19.7 Å². The van der Waals surface area contributed by atoms with Crippen LogP contribution in [0.3, 0.4) is 0 Å². The Kier molecular flexibility index (Phi) is 24.7. The summed E-state index contributed by atoms with van der Waals surface area (Å²) in [5, 5.41) is 17.3. The fraction of sp³-hybridized carbons (Fsp3) is 0.417. The summed E-state index contributed by atoms with van der Waals surface area (Å²) in [4.78, 5) is 74.1. The van der Waals surface area contributed by atoms with Crippen molar-refractivity contribution in [3.8, 4) is 0 Å². The normalized spacial score (nSPS) is 12.7. The highest BCUT2D eigenvalue weighted by Gasteiger charge is 2.26. The summed E-state index contributed by atoms with van der Waals surface area (Å²) in [7, 11) is 1.26. The number of ether oxygens (including phenoxy) is 1. The van der Waals surface area contributed by atoms with Gasteiger partial charge in [-0.25, -0.2) is 14.8 Å². The fourth-order valence-corrected chi connectivity index (χ4v) is 3.63. The van der Waals surface area contributed by atoms with Crippen LogP contribution in [0.4, 0.5) is 17.3 Å². The number of nitrogens with zero attached hydrogens (tertiary/aromatic N) is 3. The van der Waals surface area contributed by atoms with Crippen molar-refractivity contribution in [2.24, 2.45) is 0 Å². The van der Waals surface area contributed by atoms with Crippen LogP contribution < -0.4 is 10.6 Å². The predicted molar refractivity (Wildman–Crippen MR) is 161 cm³/mol. The Morgan fingerprint density at radius 2 is 1.64 bits per heavy atom. The number of carbonyl (C=O) groups excluding carboxylic acids is 6. The Morgan fingerprint density at radius 1 is 1.10 bits per heavy atom. The zero-order chi connectivity index (χ0) is 30.7. The highest BCUT2D eigenvalue weighted by Crippen LogP contribution is 2.26. The SMILES string of the molecule is CCC[C@@H]1Nc2nc(Cl)ccc2CC1=O.CCC[C@H](Nc1nc(Cl)ccc1[N+](=O)[O-])C(=O)OC.O=C=O.O=C=O.S.S. The lowest BCUT2D eigenvalue weighted by molar-refractivity contribution is -0.384. The maximum Gasteiger partial charge on any atom is 0.373 e. The van der Waals surface area contributed by atoms with E-state index in [0.29, 0.717) is 24.4 Å². The van der Waals surface area contributed by atoms with Gasteiger partial charge in [-0.3, -0.25) is 14.9 Å². The van der Waals surface area contributed by atoms with Gasteiger partial charge in [0.2, 0.25) is 5.82 Å². The first-order chi connectivity index (χ1) is 19.0. The molecule has 18 heteroatoms. The molecule has 0 spiro atoms. The van der Waals surface area contributed by atoms with E-state index in [2.05, 4.69) is 32.3 Å². The first kappa shape index (κ1) is 42.9. The monoisotopic (exact) mass is 667 g/mol. The van der Waals surface area contributed by atoms with Crippen LogP contribution in [-0.2, 0) is 39.9 Å². The van der Waals surface area contributed by atoms with Crippen molar-refractivity contribution in [3.05, 3.63) is 50.2 Å². The summed E-state index contributed by atoms with van der Waals surface area (Å²) in [6, 6.07) is 5.34. The van der Waals surface area contributed by atoms with Crippen molar-refractivity contribution < 1.29 is 38.4 Å². The van der Waals surface area contributed by atoms with Gasteiger partial charge in [-0.15, -0.1) is 0 Å². The third-order valence-corrected chi connectivity index (χ3v) is 5.42. The van der Waals surface area contributed by atoms with Gasteiger partial charge in [0.15, 0.2) is 5.78 Å². The Hall–Kier alpha value is -3.52. The second-order valence-corrected chi connectivity index (χ2v) is 8.48. The molecule has 42 heavy (non-hydrogen) atoms. The number of rotatable bonds is 8. The van der Waals surface area contributed by atoms with Crippen molar-refractivity contribution in [1.82, 2.24) is 9.97 Å². The fourth-order valence-electron chi connectivity index (χ4n) is 3.34. The van der Waals surface area contributed by atoms with Crippen LogP contribution in [0.2, 0.25) is 10.3 Å². The van der Waals surface area contributed by atoms with E-state index in [1.165, 1.54) is 19.2 Å². The molecule has 0 fully saturated rings. The van der Waals surface area contributed by atoms with Crippen LogP contribution in [0.15, 0.2) is 24.3 Å². The number of hydrogen-bond donors (Lipinski definition) is 2. The molecule has 0 bridgehead atoms. The van der Waals surface area contributed by atoms with Gasteiger partial charge in [0.05, 0.1) is 18.1 Å². The van der Waals surface area contributed by atoms with E-state index >= 15 is 0 Å². The maximum atomic E-state index is 11.7.